The van der Waals surface area contributed by atoms with E-state index in [9.17, 15) is 4.79 Å². The van der Waals surface area contributed by atoms with Crippen LogP contribution in [0.4, 0.5) is 4.79 Å². The molecule has 1 saturated heterocycles. The fourth-order valence-corrected chi connectivity index (χ4v) is 2.92. The van der Waals surface area contributed by atoms with Crippen LogP contribution in [-0.4, -0.2) is 62.6 Å². The van der Waals surface area contributed by atoms with E-state index in [4.69, 9.17) is 0 Å². The molecule has 7 heteroatoms. The van der Waals surface area contributed by atoms with E-state index in [1.807, 2.05) is 34.9 Å². The van der Waals surface area contributed by atoms with Crippen molar-refractivity contribution >= 4 is 6.03 Å². The van der Waals surface area contributed by atoms with E-state index in [1.165, 1.54) is 5.56 Å². The zero-order valence-electron chi connectivity index (χ0n) is 14.0. The average molecular weight is 328 g/mol. The van der Waals surface area contributed by atoms with Crippen molar-refractivity contribution < 1.29 is 4.79 Å². The molecule has 128 valence electrons. The second kappa shape index (κ2) is 7.92. The smallest absolute Gasteiger partial charge is 0.317 e. The van der Waals surface area contributed by atoms with Gasteiger partial charge in [0.25, 0.3) is 0 Å². The van der Waals surface area contributed by atoms with Crippen LogP contribution in [0.3, 0.4) is 0 Å². The molecule has 0 unspecified atom stereocenters. The monoisotopic (exact) mass is 328 g/mol. The molecule has 24 heavy (non-hydrogen) atoms. The second-order valence-corrected chi connectivity index (χ2v) is 6.23. The maximum atomic E-state index is 12.4. The van der Waals surface area contributed by atoms with Crippen LogP contribution in [0.2, 0.25) is 0 Å². The first-order valence-electron chi connectivity index (χ1n) is 8.33. The molecule has 0 saturated carbocycles. The predicted octanol–water partition coefficient (Wildman–Crippen LogP) is 1.19. The molecule has 3 heterocycles. The van der Waals surface area contributed by atoms with Crippen LogP contribution in [0.15, 0.2) is 43.2 Å². The van der Waals surface area contributed by atoms with Crippen LogP contribution in [0, 0.1) is 0 Å². The van der Waals surface area contributed by atoms with Crippen molar-refractivity contribution in [3.63, 3.8) is 0 Å². The minimum absolute atomic E-state index is 0.0173. The van der Waals surface area contributed by atoms with E-state index in [1.54, 1.807) is 18.7 Å². The van der Waals surface area contributed by atoms with Crippen LogP contribution in [0.1, 0.15) is 12.5 Å². The molecule has 3 rings (SSSR count). The minimum atomic E-state index is 0.0173. The fraction of sp³-hybridized carbons (Fsp3) is 0.471. The van der Waals surface area contributed by atoms with E-state index in [-0.39, 0.29) is 12.1 Å². The zero-order valence-corrected chi connectivity index (χ0v) is 14.0. The summed E-state index contributed by atoms with van der Waals surface area (Å²) >= 11 is 0. The molecule has 1 atom stereocenters. The van der Waals surface area contributed by atoms with Crippen LogP contribution >= 0.6 is 0 Å². The lowest BCUT2D eigenvalue weighted by molar-refractivity contribution is 0.133. The Labute approximate surface area is 142 Å². The zero-order chi connectivity index (χ0) is 16.8. The predicted molar refractivity (Wildman–Crippen MR) is 91.3 cm³/mol. The Balaban J connectivity index is 1.41. The highest BCUT2D eigenvalue weighted by atomic mass is 16.2. The lowest BCUT2D eigenvalue weighted by atomic mass is 10.2. The SMILES string of the molecule is C[C@@H](Cn1ccnc1)NC(=O)N1CCN(Cc2cccnc2)CC1. The molecular weight excluding hydrogens is 304 g/mol. The number of pyridine rings is 1. The van der Waals surface area contributed by atoms with E-state index < -0.39 is 0 Å². The van der Waals surface area contributed by atoms with Crippen molar-refractivity contribution in [2.45, 2.75) is 26.1 Å². The number of amides is 2. The van der Waals surface area contributed by atoms with Gasteiger partial charge in [-0.2, -0.15) is 0 Å². The van der Waals surface area contributed by atoms with Crippen LogP contribution in [0.5, 0.6) is 0 Å². The lowest BCUT2D eigenvalue weighted by Crippen LogP contribution is -2.53. The summed E-state index contributed by atoms with van der Waals surface area (Å²) in [6.07, 6.45) is 9.10. The maximum Gasteiger partial charge on any atom is 0.317 e. The Morgan fingerprint density at radius 2 is 2.08 bits per heavy atom. The van der Waals surface area contributed by atoms with E-state index >= 15 is 0 Å². The molecule has 0 aliphatic carbocycles. The standard InChI is InChI=1S/C17H24N6O/c1-15(12-22-6-5-19-14-22)20-17(24)23-9-7-21(8-10-23)13-16-3-2-4-18-11-16/h2-6,11,14-15H,7-10,12-13H2,1H3,(H,20,24)/t15-/m0/s1. The molecule has 1 aliphatic rings. The van der Waals surface area contributed by atoms with E-state index in [0.29, 0.717) is 0 Å². The largest absolute Gasteiger partial charge is 0.335 e. The summed E-state index contributed by atoms with van der Waals surface area (Å²) in [6.45, 7) is 6.91. The van der Waals surface area contributed by atoms with Gasteiger partial charge in [-0.1, -0.05) is 6.07 Å². The molecule has 0 radical (unpaired) electrons. The van der Waals surface area contributed by atoms with Gasteiger partial charge in [0.15, 0.2) is 0 Å². The van der Waals surface area contributed by atoms with Gasteiger partial charge >= 0.3 is 6.03 Å². The number of piperazine rings is 1. The van der Waals surface area contributed by atoms with Gasteiger partial charge in [-0.3, -0.25) is 9.88 Å². The highest BCUT2D eigenvalue weighted by Crippen LogP contribution is 2.08. The Hall–Kier alpha value is -2.41. The second-order valence-electron chi connectivity index (χ2n) is 6.23. The lowest BCUT2D eigenvalue weighted by Gasteiger charge is -2.35. The van der Waals surface area contributed by atoms with Crippen molar-refractivity contribution in [2.24, 2.45) is 0 Å². The Bertz CT molecular complexity index is 622. The third kappa shape index (κ3) is 4.55. The first kappa shape index (κ1) is 16.4. The number of carbonyl (C=O) groups excluding carboxylic acids is 1. The van der Waals surface area contributed by atoms with Crippen molar-refractivity contribution in [1.29, 1.82) is 0 Å². The molecular formula is C17H24N6O. The Morgan fingerprint density at radius 1 is 1.25 bits per heavy atom. The summed E-state index contributed by atoms with van der Waals surface area (Å²) in [5.41, 5.74) is 1.21. The number of hydrogen-bond donors (Lipinski definition) is 1. The van der Waals surface area contributed by atoms with Gasteiger partial charge in [0.05, 0.1) is 6.33 Å². The third-order valence-electron chi connectivity index (χ3n) is 4.20. The molecule has 1 fully saturated rings. The third-order valence-corrected chi connectivity index (χ3v) is 4.20. The number of rotatable bonds is 5. The number of aromatic nitrogens is 3. The summed E-state index contributed by atoms with van der Waals surface area (Å²) < 4.78 is 1.97. The number of carbonyl (C=O) groups is 1. The average Bonchev–Trinajstić information content (AvgIpc) is 3.09. The van der Waals surface area contributed by atoms with Gasteiger partial charge in [0, 0.05) is 70.1 Å². The van der Waals surface area contributed by atoms with Crippen molar-refractivity contribution in [2.75, 3.05) is 26.2 Å². The fourth-order valence-electron chi connectivity index (χ4n) is 2.92. The van der Waals surface area contributed by atoms with Gasteiger partial charge in [-0.15, -0.1) is 0 Å². The highest BCUT2D eigenvalue weighted by Gasteiger charge is 2.22. The number of nitrogens with one attached hydrogen (secondary N) is 1. The first-order valence-corrected chi connectivity index (χ1v) is 8.33. The summed E-state index contributed by atoms with van der Waals surface area (Å²) in [6, 6.07) is 4.13. The quantitative estimate of drug-likeness (QED) is 0.895. The highest BCUT2D eigenvalue weighted by molar-refractivity contribution is 5.74. The van der Waals surface area contributed by atoms with Gasteiger partial charge in [-0.05, 0) is 18.6 Å². The molecule has 0 spiro atoms. The number of imidazole rings is 1. The van der Waals surface area contributed by atoms with E-state index in [2.05, 4.69) is 26.3 Å². The summed E-state index contributed by atoms with van der Waals surface area (Å²) in [7, 11) is 0. The van der Waals surface area contributed by atoms with Crippen LogP contribution in [-0.2, 0) is 13.1 Å². The van der Waals surface area contributed by atoms with Crippen LogP contribution < -0.4 is 5.32 Å². The molecule has 0 aromatic carbocycles. The summed E-state index contributed by atoms with van der Waals surface area (Å²) in [5, 5.41) is 3.06. The normalized spacial score (nSPS) is 16.8. The minimum Gasteiger partial charge on any atom is -0.335 e. The molecule has 2 amide bonds. The summed E-state index contributed by atoms with van der Waals surface area (Å²) in [4.78, 5) is 24.8. The molecule has 1 aliphatic heterocycles. The molecule has 7 nitrogen and oxygen atoms in total. The number of hydrogen-bond acceptors (Lipinski definition) is 4. The topological polar surface area (TPSA) is 66.3 Å². The Kier molecular flexibility index (Phi) is 5.43. The van der Waals surface area contributed by atoms with Gasteiger partial charge in [0.2, 0.25) is 0 Å². The van der Waals surface area contributed by atoms with Crippen LogP contribution in [0.25, 0.3) is 0 Å². The van der Waals surface area contributed by atoms with E-state index in [0.717, 1.165) is 39.3 Å². The first-order chi connectivity index (χ1) is 11.7. The Morgan fingerprint density at radius 3 is 2.75 bits per heavy atom. The van der Waals surface area contributed by atoms with Gasteiger partial charge < -0.3 is 14.8 Å². The molecule has 2 aromatic rings. The van der Waals surface area contributed by atoms with Crippen molar-refractivity contribution in [3.8, 4) is 0 Å². The van der Waals surface area contributed by atoms with Crippen molar-refractivity contribution in [3.05, 3.63) is 48.8 Å². The van der Waals surface area contributed by atoms with Gasteiger partial charge in [-0.25, -0.2) is 9.78 Å². The molecule has 1 N–H and O–H groups in total. The number of nitrogens with zero attached hydrogens (tertiary/aromatic N) is 5. The van der Waals surface area contributed by atoms with Gasteiger partial charge in [0.1, 0.15) is 0 Å². The molecule has 0 bridgehead atoms. The van der Waals surface area contributed by atoms with Crippen molar-refractivity contribution in [1.82, 2.24) is 29.7 Å². The summed E-state index contributed by atoms with van der Waals surface area (Å²) in [5.74, 6) is 0. The number of urea groups is 1. The maximum absolute atomic E-state index is 12.4. The molecule has 2 aromatic heterocycles.